The Morgan fingerprint density at radius 1 is 1.13 bits per heavy atom. The Morgan fingerprint density at radius 2 is 1.77 bits per heavy atom. The van der Waals surface area contributed by atoms with Gasteiger partial charge < -0.3 is 10.1 Å². The molecule has 0 fully saturated rings. The monoisotopic (exact) mass is 496 g/mol. The summed E-state index contributed by atoms with van der Waals surface area (Å²) in [6.07, 6.45) is 0.000267. The van der Waals surface area contributed by atoms with Gasteiger partial charge in [-0.3, -0.25) is 9.59 Å². The third-order valence-corrected chi connectivity index (χ3v) is 5.67. The van der Waals surface area contributed by atoms with Crippen molar-refractivity contribution in [3.8, 4) is 0 Å². The number of carbonyl (C=O) groups is 3. The molecule has 2 aromatic rings. The number of carbonyl (C=O) groups excluding carboxylic acids is 3. The first-order chi connectivity index (χ1) is 14.0. The largest absolute Gasteiger partial charge is 0.451 e. The van der Waals surface area contributed by atoms with E-state index in [0.29, 0.717) is 22.1 Å². The van der Waals surface area contributed by atoms with Crippen molar-refractivity contribution in [2.45, 2.75) is 37.7 Å². The molecule has 0 aliphatic heterocycles. The first-order valence-corrected chi connectivity index (χ1v) is 11.3. The highest BCUT2D eigenvalue weighted by Crippen LogP contribution is 2.22. The van der Waals surface area contributed by atoms with E-state index >= 15 is 0 Å². The summed E-state index contributed by atoms with van der Waals surface area (Å²) in [7, 11) is -4.01. The molecule has 8 nitrogen and oxygen atoms in total. The number of anilines is 1. The SMILES string of the molecule is CCCC(=O)Nc1ccc(C(=O)C(C)OC(=O)c2cc(S(N)(=O)=O)ccc2Br)cc1. The van der Waals surface area contributed by atoms with Crippen molar-refractivity contribution < 1.29 is 27.5 Å². The molecule has 2 rings (SSSR count). The van der Waals surface area contributed by atoms with Crippen molar-refractivity contribution in [1.29, 1.82) is 0 Å². The average Bonchev–Trinajstić information content (AvgIpc) is 2.67. The molecule has 0 aliphatic carbocycles. The van der Waals surface area contributed by atoms with E-state index in [-0.39, 0.29) is 16.4 Å². The number of ether oxygens (including phenoxy) is 1. The summed E-state index contributed by atoms with van der Waals surface area (Å²) in [6.45, 7) is 3.31. The molecule has 0 saturated carbocycles. The Bertz CT molecular complexity index is 1070. The molecule has 0 bridgehead atoms. The normalized spacial score (nSPS) is 12.1. The number of sulfonamides is 1. The molecule has 160 valence electrons. The summed E-state index contributed by atoms with van der Waals surface area (Å²) < 4.78 is 28.5. The number of esters is 1. The molecule has 0 spiro atoms. The van der Waals surface area contributed by atoms with Gasteiger partial charge in [0.2, 0.25) is 21.7 Å². The van der Waals surface area contributed by atoms with Crippen LogP contribution in [0.2, 0.25) is 0 Å². The second-order valence-electron chi connectivity index (χ2n) is 6.47. The Balaban J connectivity index is 2.10. The second-order valence-corrected chi connectivity index (χ2v) is 8.89. The predicted octanol–water partition coefficient (Wildman–Crippen LogP) is 3.26. The van der Waals surface area contributed by atoms with Crippen LogP contribution in [0.5, 0.6) is 0 Å². The standard InChI is InChI=1S/C20H21BrN2O6S/c1-3-4-18(24)23-14-7-5-13(6-8-14)19(25)12(2)29-20(26)16-11-15(30(22,27)28)9-10-17(16)21/h5-12H,3-4H2,1-2H3,(H,23,24)(H2,22,27,28). The molecule has 1 unspecified atom stereocenters. The number of halogens is 1. The number of nitrogens with two attached hydrogens (primary N) is 1. The van der Waals surface area contributed by atoms with Crippen molar-refractivity contribution in [2.24, 2.45) is 5.14 Å². The van der Waals surface area contributed by atoms with Crippen molar-refractivity contribution in [2.75, 3.05) is 5.32 Å². The van der Waals surface area contributed by atoms with Crippen LogP contribution < -0.4 is 10.5 Å². The topological polar surface area (TPSA) is 133 Å². The van der Waals surface area contributed by atoms with Crippen LogP contribution in [0.15, 0.2) is 51.8 Å². The van der Waals surface area contributed by atoms with Gasteiger partial charge >= 0.3 is 5.97 Å². The number of benzene rings is 2. The number of primary sulfonamides is 1. The maximum absolute atomic E-state index is 12.6. The van der Waals surface area contributed by atoms with Gasteiger partial charge in [0.05, 0.1) is 10.5 Å². The lowest BCUT2D eigenvalue weighted by Crippen LogP contribution is -2.25. The van der Waals surface area contributed by atoms with Crippen LogP contribution in [-0.2, 0) is 19.6 Å². The summed E-state index contributed by atoms with van der Waals surface area (Å²) in [5.41, 5.74) is 0.773. The van der Waals surface area contributed by atoms with E-state index in [0.717, 1.165) is 12.5 Å². The van der Waals surface area contributed by atoms with E-state index in [1.807, 2.05) is 6.92 Å². The van der Waals surface area contributed by atoms with E-state index in [9.17, 15) is 22.8 Å². The minimum Gasteiger partial charge on any atom is -0.451 e. The highest BCUT2D eigenvalue weighted by atomic mass is 79.9. The highest BCUT2D eigenvalue weighted by molar-refractivity contribution is 9.10. The number of amides is 1. The van der Waals surface area contributed by atoms with Crippen LogP contribution in [0.25, 0.3) is 0 Å². The quantitative estimate of drug-likeness (QED) is 0.425. The Labute approximate surface area is 183 Å². The number of hydrogen-bond donors (Lipinski definition) is 2. The average molecular weight is 497 g/mol. The summed E-state index contributed by atoms with van der Waals surface area (Å²) in [4.78, 5) is 36.4. The molecular formula is C20H21BrN2O6S. The summed E-state index contributed by atoms with van der Waals surface area (Å²) in [5, 5.41) is 7.80. The number of rotatable bonds is 8. The van der Waals surface area contributed by atoms with E-state index in [1.54, 1.807) is 12.1 Å². The zero-order chi connectivity index (χ0) is 22.5. The number of hydrogen-bond acceptors (Lipinski definition) is 6. The van der Waals surface area contributed by atoms with Gasteiger partial charge in [0.25, 0.3) is 0 Å². The number of Topliss-reactive ketones (excluding diaryl/α,β-unsaturated/α-hetero) is 1. The fourth-order valence-electron chi connectivity index (χ4n) is 2.52. The highest BCUT2D eigenvalue weighted by Gasteiger charge is 2.23. The molecule has 1 amide bonds. The van der Waals surface area contributed by atoms with Gasteiger partial charge in [0.15, 0.2) is 6.10 Å². The van der Waals surface area contributed by atoms with Crippen molar-refractivity contribution in [3.63, 3.8) is 0 Å². The molecular weight excluding hydrogens is 476 g/mol. The Morgan fingerprint density at radius 3 is 2.33 bits per heavy atom. The van der Waals surface area contributed by atoms with Crippen molar-refractivity contribution in [1.82, 2.24) is 0 Å². The van der Waals surface area contributed by atoms with Crippen LogP contribution in [0.4, 0.5) is 5.69 Å². The maximum Gasteiger partial charge on any atom is 0.340 e. The third kappa shape index (κ3) is 6.22. The number of ketones is 1. The van der Waals surface area contributed by atoms with Gasteiger partial charge in [0, 0.05) is 22.1 Å². The molecule has 1 atom stereocenters. The van der Waals surface area contributed by atoms with Gasteiger partial charge in [-0.1, -0.05) is 6.92 Å². The molecule has 3 N–H and O–H groups in total. The Kier molecular flexibility index (Phi) is 7.88. The first kappa shape index (κ1) is 23.7. The van der Waals surface area contributed by atoms with Crippen LogP contribution in [0, 0.1) is 0 Å². The van der Waals surface area contributed by atoms with Crippen molar-refractivity contribution >= 4 is 49.3 Å². The van der Waals surface area contributed by atoms with Gasteiger partial charge in [-0.15, -0.1) is 0 Å². The summed E-state index contributed by atoms with van der Waals surface area (Å²) in [5.74, 6) is -1.45. The van der Waals surface area contributed by atoms with E-state index < -0.39 is 27.9 Å². The molecule has 30 heavy (non-hydrogen) atoms. The molecule has 2 aromatic carbocycles. The fraction of sp³-hybridized carbons (Fsp3) is 0.250. The second kappa shape index (κ2) is 9.96. The molecule has 0 radical (unpaired) electrons. The van der Waals surface area contributed by atoms with Gasteiger partial charge in [0.1, 0.15) is 0 Å². The summed E-state index contributed by atoms with van der Waals surface area (Å²) in [6, 6.07) is 9.88. The van der Waals surface area contributed by atoms with E-state index in [4.69, 9.17) is 9.88 Å². The van der Waals surface area contributed by atoms with Gasteiger partial charge in [-0.25, -0.2) is 18.4 Å². The lowest BCUT2D eigenvalue weighted by atomic mass is 10.1. The molecule has 0 aromatic heterocycles. The minimum absolute atomic E-state index is 0.0739. The smallest absolute Gasteiger partial charge is 0.340 e. The first-order valence-electron chi connectivity index (χ1n) is 9.00. The van der Waals surface area contributed by atoms with Crippen LogP contribution >= 0.6 is 15.9 Å². The van der Waals surface area contributed by atoms with Crippen LogP contribution in [-0.4, -0.2) is 32.2 Å². The zero-order valence-electron chi connectivity index (χ0n) is 16.3. The van der Waals surface area contributed by atoms with E-state index in [2.05, 4.69) is 21.2 Å². The maximum atomic E-state index is 12.6. The zero-order valence-corrected chi connectivity index (χ0v) is 18.7. The molecule has 0 aliphatic rings. The van der Waals surface area contributed by atoms with Crippen LogP contribution in [0.3, 0.4) is 0 Å². The number of nitrogens with one attached hydrogen (secondary N) is 1. The molecule has 0 heterocycles. The lowest BCUT2D eigenvalue weighted by Gasteiger charge is -2.14. The predicted molar refractivity (Wildman–Crippen MR) is 115 cm³/mol. The van der Waals surface area contributed by atoms with Crippen molar-refractivity contribution in [3.05, 3.63) is 58.1 Å². The summed E-state index contributed by atoms with van der Waals surface area (Å²) >= 11 is 3.15. The minimum atomic E-state index is -4.01. The molecule has 10 heteroatoms. The third-order valence-electron chi connectivity index (χ3n) is 4.07. The Hall–Kier alpha value is -2.56. The van der Waals surface area contributed by atoms with Crippen LogP contribution in [0.1, 0.15) is 47.4 Å². The fourth-order valence-corrected chi connectivity index (χ4v) is 3.47. The van der Waals surface area contributed by atoms with E-state index in [1.165, 1.54) is 31.2 Å². The van der Waals surface area contributed by atoms with Gasteiger partial charge in [-0.2, -0.15) is 0 Å². The lowest BCUT2D eigenvalue weighted by molar-refractivity contribution is -0.116. The van der Waals surface area contributed by atoms with Gasteiger partial charge in [-0.05, 0) is 71.7 Å². The molecule has 0 saturated heterocycles.